The predicted molar refractivity (Wildman–Crippen MR) is 82.6 cm³/mol. The number of nitrogens with zero attached hydrogens (tertiary/aromatic N) is 5. The van der Waals surface area contributed by atoms with E-state index in [2.05, 4.69) is 46.3 Å². The summed E-state index contributed by atoms with van der Waals surface area (Å²) in [5, 5.41) is 21.1. The molecule has 0 fully saturated rings. The Morgan fingerprint density at radius 1 is 1.27 bits per heavy atom. The molecule has 1 N–H and O–H groups in total. The summed E-state index contributed by atoms with van der Waals surface area (Å²) in [5.74, 6) is 1.34. The van der Waals surface area contributed by atoms with Gasteiger partial charge in [0.1, 0.15) is 5.69 Å². The fourth-order valence-corrected chi connectivity index (χ4v) is 2.90. The van der Waals surface area contributed by atoms with Crippen molar-refractivity contribution >= 4 is 16.3 Å². The monoisotopic (exact) mass is 314 g/mol. The number of hydrogen-bond acceptors (Lipinski definition) is 6. The fraction of sp³-hybridized carbons (Fsp3) is 0.286. The van der Waals surface area contributed by atoms with E-state index in [-0.39, 0.29) is 5.41 Å². The topological polar surface area (TPSA) is 84.9 Å². The Kier molecular flexibility index (Phi) is 2.70. The molecule has 0 atom stereocenters. The van der Waals surface area contributed by atoms with Crippen LogP contribution in [0.1, 0.15) is 26.5 Å². The van der Waals surface area contributed by atoms with Gasteiger partial charge in [-0.25, -0.2) is 0 Å². The third-order valence-electron chi connectivity index (χ3n) is 3.34. The Hall–Kier alpha value is -2.48. The van der Waals surface area contributed by atoms with Crippen molar-refractivity contribution in [3.05, 3.63) is 30.2 Å². The lowest BCUT2D eigenvalue weighted by atomic mass is 9.92. The Morgan fingerprint density at radius 2 is 2.14 bits per heavy atom. The lowest BCUT2D eigenvalue weighted by molar-refractivity contribution is 0.567. The molecule has 8 heteroatoms. The van der Waals surface area contributed by atoms with Crippen molar-refractivity contribution in [2.75, 3.05) is 0 Å². The zero-order valence-corrected chi connectivity index (χ0v) is 13.2. The maximum Gasteiger partial charge on any atom is 0.235 e. The first-order valence-corrected chi connectivity index (χ1v) is 7.66. The van der Waals surface area contributed by atoms with Gasteiger partial charge in [0.2, 0.25) is 10.8 Å². The van der Waals surface area contributed by atoms with Crippen LogP contribution in [0.4, 0.5) is 0 Å². The molecule has 4 rings (SSSR count). The highest BCUT2D eigenvalue weighted by Crippen LogP contribution is 2.29. The molecule has 4 aromatic heterocycles. The number of nitrogens with one attached hydrogen (secondary N) is 1. The number of aromatic amines is 1. The van der Waals surface area contributed by atoms with E-state index in [4.69, 9.17) is 4.42 Å². The normalized spacial score (nSPS) is 12.3. The number of hydrogen-bond donors (Lipinski definition) is 1. The van der Waals surface area contributed by atoms with Crippen LogP contribution in [-0.4, -0.2) is 30.0 Å². The van der Waals surface area contributed by atoms with Crippen LogP contribution in [0.2, 0.25) is 0 Å². The Labute approximate surface area is 130 Å². The molecule has 4 heterocycles. The molecule has 0 spiro atoms. The maximum absolute atomic E-state index is 5.38. The molecule has 22 heavy (non-hydrogen) atoms. The van der Waals surface area contributed by atoms with Crippen molar-refractivity contribution in [1.29, 1.82) is 0 Å². The van der Waals surface area contributed by atoms with Gasteiger partial charge < -0.3 is 4.42 Å². The fourth-order valence-electron chi connectivity index (χ4n) is 2.10. The van der Waals surface area contributed by atoms with Gasteiger partial charge in [-0.3, -0.25) is 5.10 Å². The van der Waals surface area contributed by atoms with E-state index in [9.17, 15) is 0 Å². The second-order valence-corrected chi connectivity index (χ2v) is 6.98. The van der Waals surface area contributed by atoms with Crippen LogP contribution in [0.25, 0.3) is 27.2 Å². The molecule has 0 saturated carbocycles. The predicted octanol–water partition coefficient (Wildman–Crippen LogP) is 3.13. The summed E-state index contributed by atoms with van der Waals surface area (Å²) in [6.07, 6.45) is 1.63. The molecular weight excluding hydrogens is 300 g/mol. The quantitative estimate of drug-likeness (QED) is 0.614. The second kappa shape index (κ2) is 4.51. The third-order valence-corrected chi connectivity index (χ3v) is 4.25. The Balaban J connectivity index is 1.80. The summed E-state index contributed by atoms with van der Waals surface area (Å²) >= 11 is 1.43. The van der Waals surface area contributed by atoms with Gasteiger partial charge in [-0.05, 0) is 18.2 Å². The van der Waals surface area contributed by atoms with Crippen LogP contribution in [0.15, 0.2) is 28.9 Å². The Morgan fingerprint density at radius 3 is 2.82 bits per heavy atom. The van der Waals surface area contributed by atoms with Crippen LogP contribution in [0.3, 0.4) is 0 Å². The molecule has 0 aliphatic carbocycles. The van der Waals surface area contributed by atoms with E-state index in [0.717, 1.165) is 22.2 Å². The van der Waals surface area contributed by atoms with Gasteiger partial charge in [-0.15, -0.1) is 15.3 Å². The smallest absolute Gasteiger partial charge is 0.235 e. The van der Waals surface area contributed by atoms with E-state index < -0.39 is 0 Å². The summed E-state index contributed by atoms with van der Waals surface area (Å²) < 4.78 is 7.08. The van der Waals surface area contributed by atoms with E-state index in [1.165, 1.54) is 11.3 Å². The largest absolute Gasteiger partial charge is 0.462 e. The SMILES string of the molecule is CC(C)(C)c1cc(-c2nnc3sc(-c4ccco4)nn23)n[nH]1. The van der Waals surface area contributed by atoms with Gasteiger partial charge >= 0.3 is 0 Å². The zero-order chi connectivity index (χ0) is 15.3. The summed E-state index contributed by atoms with van der Waals surface area (Å²) in [5.41, 5.74) is 1.77. The minimum atomic E-state index is -0.00351. The van der Waals surface area contributed by atoms with Crippen molar-refractivity contribution in [2.24, 2.45) is 0 Å². The lowest BCUT2D eigenvalue weighted by Gasteiger charge is -2.14. The van der Waals surface area contributed by atoms with Crippen molar-refractivity contribution < 1.29 is 4.42 Å². The number of rotatable bonds is 2. The van der Waals surface area contributed by atoms with E-state index >= 15 is 0 Å². The standard InChI is InChI=1S/C14H14N6OS/c1-14(2,3)10-7-8(15-16-10)11-17-18-13-20(11)19-12(22-13)9-5-4-6-21-9/h4-7H,1-3H3,(H,15,16). The molecule has 0 aromatic carbocycles. The first-order chi connectivity index (χ1) is 10.5. The number of furan rings is 1. The molecule has 0 radical (unpaired) electrons. The highest BCUT2D eigenvalue weighted by atomic mass is 32.1. The van der Waals surface area contributed by atoms with E-state index in [1.54, 1.807) is 10.8 Å². The molecule has 0 bridgehead atoms. The first-order valence-electron chi connectivity index (χ1n) is 6.85. The van der Waals surface area contributed by atoms with Gasteiger partial charge in [0.15, 0.2) is 10.8 Å². The van der Waals surface area contributed by atoms with E-state index in [0.29, 0.717) is 10.8 Å². The van der Waals surface area contributed by atoms with Gasteiger partial charge in [0.25, 0.3) is 0 Å². The van der Waals surface area contributed by atoms with Crippen molar-refractivity contribution in [3.8, 4) is 22.3 Å². The number of H-pyrrole nitrogens is 1. The molecule has 0 saturated heterocycles. The lowest BCUT2D eigenvalue weighted by Crippen LogP contribution is -2.11. The third kappa shape index (κ3) is 2.03. The van der Waals surface area contributed by atoms with Gasteiger partial charge in [0, 0.05) is 11.1 Å². The molecule has 0 amide bonds. The summed E-state index contributed by atoms with van der Waals surface area (Å²) in [6.45, 7) is 6.38. The van der Waals surface area contributed by atoms with Gasteiger partial charge in [0.05, 0.1) is 6.26 Å². The van der Waals surface area contributed by atoms with Crippen molar-refractivity contribution in [2.45, 2.75) is 26.2 Å². The summed E-state index contributed by atoms with van der Waals surface area (Å²) in [7, 11) is 0. The van der Waals surface area contributed by atoms with Gasteiger partial charge in [-0.1, -0.05) is 32.1 Å². The maximum atomic E-state index is 5.38. The first kappa shape index (κ1) is 13.2. The minimum absolute atomic E-state index is 0.00351. The van der Waals surface area contributed by atoms with Crippen LogP contribution in [0.5, 0.6) is 0 Å². The molecule has 0 aliphatic heterocycles. The van der Waals surface area contributed by atoms with E-state index in [1.807, 2.05) is 18.2 Å². The van der Waals surface area contributed by atoms with Gasteiger partial charge in [-0.2, -0.15) is 9.61 Å². The zero-order valence-electron chi connectivity index (χ0n) is 12.4. The molecule has 0 unspecified atom stereocenters. The molecule has 4 aromatic rings. The second-order valence-electron chi connectivity index (χ2n) is 6.02. The highest BCUT2D eigenvalue weighted by Gasteiger charge is 2.21. The average Bonchev–Trinajstić information content (AvgIpc) is 3.20. The van der Waals surface area contributed by atoms with Crippen molar-refractivity contribution in [1.82, 2.24) is 30.0 Å². The Bertz CT molecular complexity index is 924. The molecular formula is C14H14N6OS. The van der Waals surface area contributed by atoms with Crippen LogP contribution in [0, 0.1) is 0 Å². The summed E-state index contributed by atoms with van der Waals surface area (Å²) in [4.78, 5) is 0.710. The molecule has 7 nitrogen and oxygen atoms in total. The van der Waals surface area contributed by atoms with Crippen molar-refractivity contribution in [3.63, 3.8) is 0 Å². The van der Waals surface area contributed by atoms with Crippen LogP contribution < -0.4 is 0 Å². The number of fused-ring (bicyclic) bond motifs is 1. The number of aromatic nitrogens is 6. The molecule has 112 valence electrons. The minimum Gasteiger partial charge on any atom is -0.462 e. The summed E-state index contributed by atoms with van der Waals surface area (Å²) in [6, 6.07) is 5.70. The highest BCUT2D eigenvalue weighted by molar-refractivity contribution is 7.19. The van der Waals surface area contributed by atoms with Crippen LogP contribution >= 0.6 is 11.3 Å². The molecule has 0 aliphatic rings. The van der Waals surface area contributed by atoms with Crippen LogP contribution in [-0.2, 0) is 5.41 Å². The average molecular weight is 314 g/mol.